The van der Waals surface area contributed by atoms with Crippen molar-refractivity contribution in [2.45, 2.75) is 6.92 Å². The third-order valence-corrected chi connectivity index (χ3v) is 1.49. The van der Waals surface area contributed by atoms with Crippen LogP contribution >= 0.6 is 0 Å². The molecular weight excluding hydrogens is 200 g/mol. The van der Waals surface area contributed by atoms with Crippen LogP contribution in [0, 0.1) is 0 Å². The Morgan fingerprint density at radius 3 is 2.60 bits per heavy atom. The molecule has 6 nitrogen and oxygen atoms in total. The highest BCUT2D eigenvalue weighted by molar-refractivity contribution is 5.79. The van der Waals surface area contributed by atoms with Crippen molar-refractivity contribution in [2.24, 2.45) is 0 Å². The minimum Gasteiger partial charge on any atom is -0.465 e. The van der Waals surface area contributed by atoms with Gasteiger partial charge in [0.25, 0.3) is 0 Å². The molecule has 0 heterocycles. The summed E-state index contributed by atoms with van der Waals surface area (Å²) in [5, 5.41) is 5.28. The Labute approximate surface area is 89.3 Å². The van der Waals surface area contributed by atoms with Gasteiger partial charge in [-0.2, -0.15) is 0 Å². The van der Waals surface area contributed by atoms with E-state index < -0.39 is 0 Å². The number of methoxy groups -OCH3 is 1. The standard InChI is InChI=1S/C9H18N2O4/c1-3-15-9(13)7-10-6-8(12)11-4-5-14-2/h10H,3-7H2,1-2H3,(H,11,12). The second-order valence-electron chi connectivity index (χ2n) is 2.75. The van der Waals surface area contributed by atoms with Crippen molar-refractivity contribution in [1.82, 2.24) is 10.6 Å². The molecule has 0 saturated heterocycles. The smallest absolute Gasteiger partial charge is 0.319 e. The van der Waals surface area contributed by atoms with E-state index in [1.807, 2.05) is 0 Å². The Hall–Kier alpha value is -1.14. The molecule has 0 unspecified atom stereocenters. The summed E-state index contributed by atoms with van der Waals surface area (Å²) in [6, 6.07) is 0. The SMILES string of the molecule is CCOC(=O)CNCC(=O)NCCOC. The average molecular weight is 218 g/mol. The Bertz CT molecular complexity index is 197. The fourth-order valence-electron chi connectivity index (χ4n) is 0.845. The summed E-state index contributed by atoms with van der Waals surface area (Å²) in [6.07, 6.45) is 0. The Kier molecular flexibility index (Phi) is 8.70. The number of ether oxygens (including phenoxy) is 2. The minimum absolute atomic E-state index is 0.0472. The average Bonchev–Trinajstić information content (AvgIpc) is 2.18. The first-order chi connectivity index (χ1) is 7.20. The highest BCUT2D eigenvalue weighted by Crippen LogP contribution is 1.75. The Morgan fingerprint density at radius 2 is 2.00 bits per heavy atom. The number of carbonyl (C=O) groups is 2. The van der Waals surface area contributed by atoms with Crippen molar-refractivity contribution in [3.63, 3.8) is 0 Å². The van der Waals surface area contributed by atoms with Gasteiger partial charge in [0, 0.05) is 13.7 Å². The molecular formula is C9H18N2O4. The summed E-state index contributed by atoms with van der Waals surface area (Å²) in [6.45, 7) is 3.17. The summed E-state index contributed by atoms with van der Waals surface area (Å²) in [5.74, 6) is -0.529. The van der Waals surface area contributed by atoms with Gasteiger partial charge >= 0.3 is 5.97 Å². The van der Waals surface area contributed by atoms with Crippen molar-refractivity contribution < 1.29 is 19.1 Å². The van der Waals surface area contributed by atoms with Crippen LogP contribution in [0.15, 0.2) is 0 Å². The third-order valence-electron chi connectivity index (χ3n) is 1.49. The van der Waals surface area contributed by atoms with Gasteiger partial charge in [-0.05, 0) is 6.92 Å². The summed E-state index contributed by atoms with van der Waals surface area (Å²) in [4.78, 5) is 21.9. The van der Waals surface area contributed by atoms with Crippen molar-refractivity contribution in [1.29, 1.82) is 0 Å². The first-order valence-corrected chi connectivity index (χ1v) is 4.82. The molecule has 0 aliphatic heterocycles. The lowest BCUT2D eigenvalue weighted by Crippen LogP contribution is -2.37. The summed E-state index contributed by atoms with van der Waals surface area (Å²) < 4.78 is 9.43. The maximum Gasteiger partial charge on any atom is 0.319 e. The number of hydrogen-bond donors (Lipinski definition) is 2. The quantitative estimate of drug-likeness (QED) is 0.399. The van der Waals surface area contributed by atoms with Crippen LogP contribution < -0.4 is 10.6 Å². The van der Waals surface area contributed by atoms with E-state index in [1.54, 1.807) is 14.0 Å². The van der Waals surface area contributed by atoms with Crippen LogP contribution in [0.1, 0.15) is 6.92 Å². The molecule has 0 bridgehead atoms. The van der Waals surface area contributed by atoms with Crippen molar-refractivity contribution in [2.75, 3.05) is 40.0 Å². The summed E-state index contributed by atoms with van der Waals surface area (Å²) in [7, 11) is 1.56. The van der Waals surface area contributed by atoms with Crippen LogP contribution in [0.3, 0.4) is 0 Å². The zero-order valence-corrected chi connectivity index (χ0v) is 9.17. The van der Waals surface area contributed by atoms with Crippen LogP contribution in [-0.4, -0.2) is 51.8 Å². The second-order valence-corrected chi connectivity index (χ2v) is 2.75. The number of rotatable bonds is 8. The van der Waals surface area contributed by atoms with Gasteiger partial charge in [0.2, 0.25) is 5.91 Å². The van der Waals surface area contributed by atoms with Gasteiger partial charge in [0.1, 0.15) is 0 Å². The zero-order valence-electron chi connectivity index (χ0n) is 9.17. The predicted octanol–water partition coefficient (Wildman–Crippen LogP) is -1.10. The molecule has 2 N–H and O–H groups in total. The van der Waals surface area contributed by atoms with Crippen LogP contribution in [-0.2, 0) is 19.1 Å². The molecule has 0 saturated carbocycles. The van der Waals surface area contributed by atoms with Gasteiger partial charge in [-0.1, -0.05) is 0 Å². The van der Waals surface area contributed by atoms with Gasteiger partial charge in [-0.3, -0.25) is 14.9 Å². The maximum atomic E-state index is 11.1. The van der Waals surface area contributed by atoms with Crippen LogP contribution in [0.5, 0.6) is 0 Å². The number of hydrogen-bond acceptors (Lipinski definition) is 5. The first kappa shape index (κ1) is 13.9. The van der Waals surface area contributed by atoms with Gasteiger partial charge in [0.15, 0.2) is 0 Å². The predicted molar refractivity (Wildman–Crippen MR) is 54.4 cm³/mol. The van der Waals surface area contributed by atoms with E-state index in [2.05, 4.69) is 15.4 Å². The molecule has 0 rings (SSSR count). The zero-order chi connectivity index (χ0) is 11.5. The molecule has 15 heavy (non-hydrogen) atoms. The lowest BCUT2D eigenvalue weighted by atomic mass is 10.5. The van der Waals surface area contributed by atoms with Gasteiger partial charge < -0.3 is 14.8 Å². The minimum atomic E-state index is -0.359. The van der Waals surface area contributed by atoms with E-state index in [1.165, 1.54) is 0 Å². The second kappa shape index (κ2) is 9.42. The lowest BCUT2D eigenvalue weighted by molar-refractivity contribution is -0.142. The fourth-order valence-corrected chi connectivity index (χ4v) is 0.845. The van der Waals surface area contributed by atoms with Crippen LogP contribution in [0.25, 0.3) is 0 Å². The lowest BCUT2D eigenvalue weighted by Gasteiger charge is -2.05. The van der Waals surface area contributed by atoms with Gasteiger partial charge in [0.05, 0.1) is 26.3 Å². The highest BCUT2D eigenvalue weighted by atomic mass is 16.5. The van der Waals surface area contributed by atoms with Crippen LogP contribution in [0.2, 0.25) is 0 Å². The summed E-state index contributed by atoms with van der Waals surface area (Å²) in [5.41, 5.74) is 0. The molecule has 6 heteroatoms. The molecule has 0 aromatic heterocycles. The Balaban J connectivity index is 3.34. The monoisotopic (exact) mass is 218 g/mol. The number of nitrogens with one attached hydrogen (secondary N) is 2. The molecule has 0 atom stereocenters. The van der Waals surface area contributed by atoms with E-state index in [4.69, 9.17) is 4.74 Å². The van der Waals surface area contributed by atoms with E-state index in [0.717, 1.165) is 0 Å². The van der Waals surface area contributed by atoms with Gasteiger partial charge in [-0.15, -0.1) is 0 Å². The van der Waals surface area contributed by atoms with Crippen LogP contribution in [0.4, 0.5) is 0 Å². The molecule has 0 aromatic carbocycles. The van der Waals surface area contributed by atoms with Crippen molar-refractivity contribution >= 4 is 11.9 Å². The summed E-state index contributed by atoms with van der Waals surface area (Å²) >= 11 is 0. The molecule has 1 amide bonds. The fraction of sp³-hybridized carbons (Fsp3) is 0.778. The topological polar surface area (TPSA) is 76.7 Å². The number of esters is 1. The first-order valence-electron chi connectivity index (χ1n) is 4.82. The molecule has 0 fully saturated rings. The number of amides is 1. The highest BCUT2D eigenvalue weighted by Gasteiger charge is 2.03. The molecule has 0 spiro atoms. The van der Waals surface area contributed by atoms with Gasteiger partial charge in [-0.25, -0.2) is 0 Å². The van der Waals surface area contributed by atoms with E-state index >= 15 is 0 Å². The molecule has 0 radical (unpaired) electrons. The molecule has 88 valence electrons. The van der Waals surface area contributed by atoms with Crippen molar-refractivity contribution in [3.8, 4) is 0 Å². The van der Waals surface area contributed by atoms with E-state index in [9.17, 15) is 9.59 Å². The largest absolute Gasteiger partial charge is 0.465 e. The van der Waals surface area contributed by atoms with E-state index in [-0.39, 0.29) is 25.0 Å². The maximum absolute atomic E-state index is 11.1. The number of carbonyl (C=O) groups excluding carboxylic acids is 2. The Morgan fingerprint density at radius 1 is 1.27 bits per heavy atom. The molecule has 0 aromatic rings. The molecule has 0 aliphatic carbocycles. The van der Waals surface area contributed by atoms with E-state index in [0.29, 0.717) is 19.8 Å². The third kappa shape index (κ3) is 9.17. The molecule has 0 aliphatic rings. The van der Waals surface area contributed by atoms with Crippen molar-refractivity contribution in [3.05, 3.63) is 0 Å². The normalized spacial score (nSPS) is 9.73.